The Kier molecular flexibility index (Phi) is 5.19. The summed E-state index contributed by atoms with van der Waals surface area (Å²) >= 11 is 2.91. The molecule has 0 atom stereocenters. The SMILES string of the molecule is Cc1nc(-c2cccs2)sc1C(=O)NNc1ccc(S(=O)(=O)NC2CC2)cc1. The minimum absolute atomic E-state index is 0.0591. The van der Waals surface area contributed by atoms with Crippen LogP contribution in [0.5, 0.6) is 0 Å². The molecule has 0 bridgehead atoms. The summed E-state index contributed by atoms with van der Waals surface area (Å²) < 4.78 is 27.0. The molecule has 3 aromatic rings. The fourth-order valence-electron chi connectivity index (χ4n) is 2.50. The van der Waals surface area contributed by atoms with Crippen LogP contribution in [-0.2, 0) is 10.0 Å². The van der Waals surface area contributed by atoms with E-state index in [1.54, 1.807) is 30.4 Å². The molecule has 0 aliphatic heterocycles. The van der Waals surface area contributed by atoms with Gasteiger partial charge in [0.05, 0.1) is 21.2 Å². The molecule has 0 radical (unpaired) electrons. The van der Waals surface area contributed by atoms with E-state index in [1.165, 1.54) is 23.5 Å². The Morgan fingerprint density at radius 1 is 1.18 bits per heavy atom. The van der Waals surface area contributed by atoms with Gasteiger partial charge in [0.1, 0.15) is 9.88 Å². The lowest BCUT2D eigenvalue weighted by atomic mass is 10.3. The third-order valence-electron chi connectivity index (χ3n) is 4.12. The summed E-state index contributed by atoms with van der Waals surface area (Å²) in [6, 6.07) is 10.2. The number of sulfonamides is 1. The second-order valence-corrected chi connectivity index (χ2v) is 10.1. The number of benzene rings is 1. The lowest BCUT2D eigenvalue weighted by Crippen LogP contribution is -2.29. The fourth-order valence-corrected chi connectivity index (χ4v) is 5.57. The van der Waals surface area contributed by atoms with E-state index >= 15 is 0 Å². The lowest BCUT2D eigenvalue weighted by Gasteiger charge is -2.09. The van der Waals surface area contributed by atoms with Gasteiger partial charge in [0.15, 0.2) is 0 Å². The molecule has 1 fully saturated rings. The van der Waals surface area contributed by atoms with Crippen LogP contribution in [-0.4, -0.2) is 25.4 Å². The van der Waals surface area contributed by atoms with Crippen molar-refractivity contribution in [3.63, 3.8) is 0 Å². The minimum Gasteiger partial charge on any atom is -0.298 e. The van der Waals surface area contributed by atoms with Crippen LogP contribution in [0.15, 0.2) is 46.7 Å². The van der Waals surface area contributed by atoms with Crippen LogP contribution >= 0.6 is 22.7 Å². The summed E-state index contributed by atoms with van der Waals surface area (Å²) in [6.45, 7) is 1.80. The van der Waals surface area contributed by atoms with E-state index in [9.17, 15) is 13.2 Å². The largest absolute Gasteiger partial charge is 0.298 e. The molecule has 1 aromatic carbocycles. The molecule has 0 saturated heterocycles. The fraction of sp³-hybridized carbons (Fsp3) is 0.222. The summed E-state index contributed by atoms with van der Waals surface area (Å²) in [7, 11) is -3.48. The van der Waals surface area contributed by atoms with Crippen molar-refractivity contribution in [1.82, 2.24) is 15.1 Å². The van der Waals surface area contributed by atoms with Gasteiger partial charge in [-0.25, -0.2) is 18.1 Å². The highest BCUT2D eigenvalue weighted by Gasteiger charge is 2.27. The maximum atomic E-state index is 12.5. The maximum absolute atomic E-state index is 12.5. The number of anilines is 1. The molecule has 2 heterocycles. The van der Waals surface area contributed by atoms with Gasteiger partial charge >= 0.3 is 0 Å². The van der Waals surface area contributed by atoms with Crippen LogP contribution in [0.3, 0.4) is 0 Å². The molecule has 28 heavy (non-hydrogen) atoms. The molecular formula is C18H18N4O3S3. The van der Waals surface area contributed by atoms with E-state index in [1.807, 2.05) is 17.5 Å². The molecular weight excluding hydrogens is 416 g/mol. The van der Waals surface area contributed by atoms with Gasteiger partial charge in [-0.05, 0) is 55.5 Å². The molecule has 1 aliphatic rings. The van der Waals surface area contributed by atoms with Gasteiger partial charge in [-0.2, -0.15) is 0 Å². The average molecular weight is 435 g/mol. The van der Waals surface area contributed by atoms with Crippen molar-refractivity contribution in [3.8, 4) is 9.88 Å². The topological polar surface area (TPSA) is 100 Å². The highest BCUT2D eigenvalue weighted by atomic mass is 32.2. The molecule has 1 saturated carbocycles. The molecule has 4 rings (SSSR count). The van der Waals surface area contributed by atoms with Gasteiger partial charge < -0.3 is 0 Å². The van der Waals surface area contributed by atoms with E-state index in [0.29, 0.717) is 16.3 Å². The predicted octanol–water partition coefficient (Wildman–Crippen LogP) is 3.38. The van der Waals surface area contributed by atoms with Gasteiger partial charge in [-0.15, -0.1) is 22.7 Å². The van der Waals surface area contributed by atoms with Gasteiger partial charge in [0, 0.05) is 6.04 Å². The number of rotatable bonds is 7. The normalized spacial score (nSPS) is 14.0. The number of hydrogen-bond donors (Lipinski definition) is 3. The third kappa shape index (κ3) is 4.25. The van der Waals surface area contributed by atoms with Crippen molar-refractivity contribution < 1.29 is 13.2 Å². The molecule has 146 valence electrons. The summed E-state index contributed by atoms with van der Waals surface area (Å²) in [5.74, 6) is -0.287. The number of hydrazine groups is 1. The third-order valence-corrected chi connectivity index (χ3v) is 7.85. The Balaban J connectivity index is 1.40. The Labute approximate surface area is 170 Å². The van der Waals surface area contributed by atoms with Crippen molar-refractivity contribution in [2.45, 2.75) is 30.7 Å². The minimum atomic E-state index is -3.48. The first kappa shape index (κ1) is 19.1. The van der Waals surface area contributed by atoms with Crippen molar-refractivity contribution in [1.29, 1.82) is 0 Å². The first-order valence-electron chi connectivity index (χ1n) is 8.62. The van der Waals surface area contributed by atoms with E-state index in [0.717, 1.165) is 22.7 Å². The van der Waals surface area contributed by atoms with Gasteiger partial charge in [0.25, 0.3) is 5.91 Å². The zero-order valence-electron chi connectivity index (χ0n) is 14.9. The first-order valence-corrected chi connectivity index (χ1v) is 11.8. The number of aromatic nitrogens is 1. The number of nitrogens with zero attached hydrogens (tertiary/aromatic N) is 1. The Morgan fingerprint density at radius 2 is 1.93 bits per heavy atom. The Morgan fingerprint density at radius 3 is 2.57 bits per heavy atom. The zero-order valence-corrected chi connectivity index (χ0v) is 17.4. The average Bonchev–Trinajstić information content (AvgIpc) is 3.16. The highest BCUT2D eigenvalue weighted by molar-refractivity contribution is 7.89. The van der Waals surface area contributed by atoms with Crippen LogP contribution in [0.4, 0.5) is 5.69 Å². The number of aryl methyl sites for hydroxylation is 1. The summed E-state index contributed by atoms with van der Waals surface area (Å²) in [6.07, 6.45) is 1.77. The molecule has 3 N–H and O–H groups in total. The van der Waals surface area contributed by atoms with E-state index in [4.69, 9.17) is 0 Å². The van der Waals surface area contributed by atoms with Crippen molar-refractivity contribution >= 4 is 44.3 Å². The summed E-state index contributed by atoms with van der Waals surface area (Å²) in [5.41, 5.74) is 6.70. The molecule has 1 aliphatic carbocycles. The van der Waals surface area contributed by atoms with Crippen LogP contribution in [0.1, 0.15) is 28.2 Å². The molecule has 10 heteroatoms. The van der Waals surface area contributed by atoms with Crippen molar-refractivity contribution in [2.75, 3.05) is 5.43 Å². The summed E-state index contributed by atoms with van der Waals surface area (Å²) in [5, 5.41) is 2.78. The van der Waals surface area contributed by atoms with Crippen LogP contribution < -0.4 is 15.6 Å². The zero-order chi connectivity index (χ0) is 19.7. The van der Waals surface area contributed by atoms with Crippen LogP contribution in [0.25, 0.3) is 9.88 Å². The quantitative estimate of drug-likeness (QED) is 0.495. The summed E-state index contributed by atoms with van der Waals surface area (Å²) in [4.78, 5) is 18.7. The van der Waals surface area contributed by atoms with E-state index in [-0.39, 0.29) is 16.8 Å². The van der Waals surface area contributed by atoms with Crippen LogP contribution in [0, 0.1) is 6.92 Å². The van der Waals surface area contributed by atoms with Gasteiger partial charge in [0.2, 0.25) is 10.0 Å². The number of thiazole rings is 1. The maximum Gasteiger partial charge on any atom is 0.281 e. The van der Waals surface area contributed by atoms with E-state index in [2.05, 4.69) is 20.6 Å². The number of carbonyl (C=O) groups is 1. The Bertz CT molecular complexity index is 1090. The molecule has 2 aromatic heterocycles. The monoisotopic (exact) mass is 434 g/mol. The number of amides is 1. The highest BCUT2D eigenvalue weighted by Crippen LogP contribution is 2.31. The molecule has 0 unspecified atom stereocenters. The number of thiophene rings is 1. The van der Waals surface area contributed by atoms with Crippen molar-refractivity contribution in [2.24, 2.45) is 0 Å². The smallest absolute Gasteiger partial charge is 0.281 e. The van der Waals surface area contributed by atoms with E-state index < -0.39 is 10.0 Å². The predicted molar refractivity (Wildman–Crippen MR) is 111 cm³/mol. The number of hydrogen-bond acceptors (Lipinski definition) is 7. The second kappa shape index (κ2) is 7.63. The number of carbonyl (C=O) groups excluding carboxylic acids is 1. The molecule has 1 amide bonds. The van der Waals surface area contributed by atoms with Gasteiger partial charge in [-0.1, -0.05) is 6.07 Å². The lowest BCUT2D eigenvalue weighted by molar-refractivity contribution is 0.0966. The first-order chi connectivity index (χ1) is 13.4. The van der Waals surface area contributed by atoms with Crippen molar-refractivity contribution in [3.05, 3.63) is 52.3 Å². The number of nitrogens with one attached hydrogen (secondary N) is 3. The standard InChI is InChI=1S/C18H18N4O3S3/c1-11-16(27-18(19-11)15-3-2-10-26-15)17(23)21-20-12-6-8-14(9-7-12)28(24,25)22-13-4-5-13/h2-3,6-10,13,20,22H,4-5H2,1H3,(H,21,23). The molecule has 7 nitrogen and oxygen atoms in total. The van der Waals surface area contributed by atoms with Gasteiger partial charge in [-0.3, -0.25) is 15.6 Å². The molecule has 0 spiro atoms. The Hall–Kier alpha value is -2.27. The second-order valence-electron chi connectivity index (χ2n) is 6.41. The van der Waals surface area contributed by atoms with Crippen LogP contribution in [0.2, 0.25) is 0 Å².